The number of carbonyl (C=O) groups is 2. The van der Waals surface area contributed by atoms with Crippen molar-refractivity contribution in [3.63, 3.8) is 0 Å². The molecule has 2 aromatic rings. The highest BCUT2D eigenvalue weighted by molar-refractivity contribution is 7.93. The highest BCUT2D eigenvalue weighted by Crippen LogP contribution is 2.42. The number of nitrogens with two attached hydrogens (primary N) is 1. The predicted molar refractivity (Wildman–Crippen MR) is 113 cm³/mol. The van der Waals surface area contributed by atoms with Gasteiger partial charge in [-0.2, -0.15) is 10.4 Å². The maximum atomic E-state index is 12.9. The SMILES string of the molecule is N#Cc1cnn(CC(=O)N2CC3(C2)C(NC(=O)C2CC(n4ccnn4)C2)CCS3(=O)=O)c1N. The van der Waals surface area contributed by atoms with Gasteiger partial charge in [0.15, 0.2) is 9.84 Å². The Hall–Kier alpha value is -3.47. The van der Waals surface area contributed by atoms with Crippen LogP contribution in [0.3, 0.4) is 0 Å². The normalized spacial score (nSPS) is 26.9. The third kappa shape index (κ3) is 3.34. The summed E-state index contributed by atoms with van der Waals surface area (Å²) in [5.74, 6) is -0.643. The van der Waals surface area contributed by atoms with Crippen LogP contribution in [0, 0.1) is 17.2 Å². The first-order chi connectivity index (χ1) is 15.7. The smallest absolute Gasteiger partial charge is 0.244 e. The molecular formula is C19H23N9O4S. The van der Waals surface area contributed by atoms with Gasteiger partial charge in [-0.05, 0) is 19.3 Å². The summed E-state index contributed by atoms with van der Waals surface area (Å²) >= 11 is 0. The van der Waals surface area contributed by atoms with E-state index in [0.29, 0.717) is 19.3 Å². The lowest BCUT2D eigenvalue weighted by atomic mass is 9.79. The fourth-order valence-corrected chi connectivity index (χ4v) is 7.18. The Morgan fingerprint density at radius 1 is 1.33 bits per heavy atom. The van der Waals surface area contributed by atoms with E-state index < -0.39 is 20.6 Å². The third-order valence-electron chi connectivity index (χ3n) is 7.10. The van der Waals surface area contributed by atoms with Gasteiger partial charge in [0, 0.05) is 25.2 Å². The van der Waals surface area contributed by atoms with Crippen LogP contribution >= 0.6 is 0 Å². The van der Waals surface area contributed by atoms with Crippen molar-refractivity contribution in [2.24, 2.45) is 5.92 Å². The van der Waals surface area contributed by atoms with Crippen molar-refractivity contribution in [3.8, 4) is 6.07 Å². The van der Waals surface area contributed by atoms with Gasteiger partial charge in [-0.1, -0.05) is 5.21 Å². The van der Waals surface area contributed by atoms with Gasteiger partial charge in [-0.15, -0.1) is 5.10 Å². The van der Waals surface area contributed by atoms with Crippen molar-refractivity contribution in [1.29, 1.82) is 5.26 Å². The zero-order valence-electron chi connectivity index (χ0n) is 17.7. The van der Waals surface area contributed by atoms with Gasteiger partial charge >= 0.3 is 0 Å². The number of likely N-dealkylation sites (tertiary alicyclic amines) is 1. The number of sulfone groups is 1. The fraction of sp³-hybridized carbons (Fsp3) is 0.579. The Bertz CT molecular complexity index is 1230. The van der Waals surface area contributed by atoms with Crippen molar-refractivity contribution >= 4 is 27.5 Å². The van der Waals surface area contributed by atoms with E-state index in [1.165, 1.54) is 15.8 Å². The van der Waals surface area contributed by atoms with E-state index in [2.05, 4.69) is 20.7 Å². The number of nitrogens with zero attached hydrogens (tertiary/aromatic N) is 7. The van der Waals surface area contributed by atoms with Gasteiger partial charge in [0.25, 0.3) is 0 Å². The standard InChI is InChI=1S/C19H23N9O4S/c20-7-13-8-23-28(17(13)21)9-16(29)26-10-19(11-26)15(1-4-33(19,31)32)24-18(30)12-5-14(6-12)27-3-2-22-25-27/h2-3,8,12,14-15H,1,4-6,9-11,21H2,(H,24,30). The molecule has 174 valence electrons. The maximum Gasteiger partial charge on any atom is 0.244 e. The minimum Gasteiger partial charge on any atom is -0.383 e. The van der Waals surface area contributed by atoms with Crippen LogP contribution in [0.25, 0.3) is 0 Å². The van der Waals surface area contributed by atoms with Crippen LogP contribution in [0.4, 0.5) is 5.82 Å². The third-order valence-corrected chi connectivity index (χ3v) is 9.66. The van der Waals surface area contributed by atoms with Crippen LogP contribution in [0.15, 0.2) is 18.6 Å². The summed E-state index contributed by atoms with van der Waals surface area (Å²) in [6.45, 7) is -0.165. The van der Waals surface area contributed by atoms with E-state index in [4.69, 9.17) is 11.0 Å². The summed E-state index contributed by atoms with van der Waals surface area (Å²) in [7, 11) is -3.47. The number of hydrogen-bond donors (Lipinski definition) is 2. The minimum atomic E-state index is -3.47. The van der Waals surface area contributed by atoms with Crippen LogP contribution in [-0.2, 0) is 26.0 Å². The summed E-state index contributed by atoms with van der Waals surface area (Å²) in [6, 6.07) is 1.47. The molecule has 4 heterocycles. The van der Waals surface area contributed by atoms with E-state index in [-0.39, 0.29) is 60.5 Å². The number of hydrogen-bond acceptors (Lipinski definition) is 9. The molecule has 14 heteroatoms. The Balaban J connectivity index is 1.21. The van der Waals surface area contributed by atoms with E-state index in [1.807, 2.05) is 6.07 Å². The van der Waals surface area contributed by atoms with Crippen LogP contribution in [-0.4, -0.2) is 79.5 Å². The molecule has 33 heavy (non-hydrogen) atoms. The molecule has 3 aliphatic rings. The van der Waals surface area contributed by atoms with E-state index in [9.17, 15) is 18.0 Å². The summed E-state index contributed by atoms with van der Waals surface area (Å²) in [5.41, 5.74) is 5.97. The number of carbonyl (C=O) groups excluding carboxylic acids is 2. The van der Waals surface area contributed by atoms with Gasteiger partial charge in [0.05, 0.1) is 30.2 Å². The highest BCUT2D eigenvalue weighted by atomic mass is 32.2. The molecule has 1 atom stereocenters. The molecule has 1 unspecified atom stereocenters. The Labute approximate surface area is 189 Å². The molecule has 0 aromatic carbocycles. The fourth-order valence-electron chi connectivity index (χ4n) is 4.91. The lowest BCUT2D eigenvalue weighted by molar-refractivity contribution is -0.138. The van der Waals surface area contributed by atoms with Crippen LogP contribution < -0.4 is 11.1 Å². The second kappa shape index (κ2) is 7.55. The first-order valence-corrected chi connectivity index (χ1v) is 12.3. The average Bonchev–Trinajstić information content (AvgIpc) is 3.39. The number of nitrogen functional groups attached to an aromatic ring is 1. The summed E-state index contributed by atoms with van der Waals surface area (Å²) in [5, 5.41) is 23.6. The van der Waals surface area contributed by atoms with E-state index >= 15 is 0 Å². The van der Waals surface area contributed by atoms with Crippen LogP contribution in [0.1, 0.15) is 30.9 Å². The topological polar surface area (TPSA) is 182 Å². The molecular weight excluding hydrogens is 450 g/mol. The zero-order valence-corrected chi connectivity index (χ0v) is 18.5. The first-order valence-electron chi connectivity index (χ1n) is 10.6. The Kier molecular flexibility index (Phi) is 4.89. The van der Waals surface area contributed by atoms with Gasteiger partial charge in [0.2, 0.25) is 11.8 Å². The molecule has 2 amide bonds. The number of amides is 2. The van der Waals surface area contributed by atoms with Gasteiger partial charge < -0.3 is 16.0 Å². The zero-order chi connectivity index (χ0) is 23.4. The van der Waals surface area contributed by atoms with Gasteiger partial charge in [0.1, 0.15) is 28.7 Å². The molecule has 3 N–H and O–H groups in total. The second-order valence-electron chi connectivity index (χ2n) is 8.90. The molecule has 1 spiro atoms. The van der Waals surface area contributed by atoms with E-state index in [0.717, 1.165) is 0 Å². The quantitative estimate of drug-likeness (QED) is 0.520. The van der Waals surface area contributed by atoms with Crippen LogP contribution in [0.5, 0.6) is 0 Å². The average molecular weight is 474 g/mol. The Morgan fingerprint density at radius 2 is 2.09 bits per heavy atom. The van der Waals surface area contributed by atoms with Crippen molar-refractivity contribution in [2.75, 3.05) is 24.6 Å². The number of nitriles is 1. The molecule has 2 aliphatic heterocycles. The molecule has 1 saturated carbocycles. The lowest BCUT2D eigenvalue weighted by Crippen LogP contribution is -2.73. The Morgan fingerprint density at radius 3 is 2.73 bits per heavy atom. The van der Waals surface area contributed by atoms with Crippen molar-refractivity contribution in [1.82, 2.24) is 35.0 Å². The van der Waals surface area contributed by atoms with Crippen molar-refractivity contribution in [2.45, 2.75) is 42.6 Å². The molecule has 0 bridgehead atoms. The van der Waals surface area contributed by atoms with Crippen molar-refractivity contribution < 1.29 is 18.0 Å². The minimum absolute atomic E-state index is 0.0115. The number of anilines is 1. The van der Waals surface area contributed by atoms with Gasteiger partial charge in [-0.25, -0.2) is 17.8 Å². The molecule has 5 rings (SSSR count). The summed E-state index contributed by atoms with van der Waals surface area (Å²) in [6.07, 6.45) is 6.21. The number of nitrogens with one attached hydrogen (secondary N) is 1. The summed E-state index contributed by atoms with van der Waals surface area (Å²) < 4.78 is 27.5. The van der Waals surface area contributed by atoms with Crippen molar-refractivity contribution in [3.05, 3.63) is 24.2 Å². The lowest BCUT2D eigenvalue weighted by Gasteiger charge is -2.50. The van der Waals surface area contributed by atoms with Gasteiger partial charge in [-0.3, -0.25) is 9.59 Å². The number of aromatic nitrogens is 5. The monoisotopic (exact) mass is 473 g/mol. The number of rotatable bonds is 5. The molecule has 2 aromatic heterocycles. The first kappa shape index (κ1) is 21.4. The highest BCUT2D eigenvalue weighted by Gasteiger charge is 2.63. The molecule has 3 fully saturated rings. The largest absolute Gasteiger partial charge is 0.383 e. The molecule has 0 radical (unpaired) electrons. The van der Waals surface area contributed by atoms with E-state index in [1.54, 1.807) is 17.1 Å². The maximum absolute atomic E-state index is 12.9. The molecule has 2 saturated heterocycles. The van der Waals surface area contributed by atoms with Crippen LogP contribution in [0.2, 0.25) is 0 Å². The molecule has 1 aliphatic carbocycles. The summed E-state index contributed by atoms with van der Waals surface area (Å²) in [4.78, 5) is 26.9. The predicted octanol–water partition coefficient (Wildman–Crippen LogP) is -1.54. The molecule has 13 nitrogen and oxygen atoms in total. The second-order valence-corrected chi connectivity index (χ2v) is 11.4.